The second kappa shape index (κ2) is 5.09. The van der Waals surface area contributed by atoms with E-state index in [4.69, 9.17) is 5.11 Å². The number of carboxylic acid groups (broad SMARTS) is 1. The predicted octanol–water partition coefficient (Wildman–Crippen LogP) is 3.09. The number of aromatic carboxylic acids is 1. The lowest BCUT2D eigenvalue weighted by Crippen LogP contribution is -2.08. The van der Waals surface area contributed by atoms with E-state index in [1.165, 1.54) is 0 Å². The van der Waals surface area contributed by atoms with Crippen molar-refractivity contribution in [3.8, 4) is 11.4 Å². The van der Waals surface area contributed by atoms with Crippen LogP contribution in [0.2, 0.25) is 0 Å². The van der Waals surface area contributed by atoms with Crippen molar-refractivity contribution >= 4 is 5.97 Å². The van der Waals surface area contributed by atoms with E-state index < -0.39 is 23.7 Å². The summed E-state index contributed by atoms with van der Waals surface area (Å²) in [6.45, 7) is 1.80. The van der Waals surface area contributed by atoms with Gasteiger partial charge >= 0.3 is 5.97 Å². The third-order valence-electron chi connectivity index (χ3n) is 2.64. The number of alkyl halides is 2. The fraction of sp³-hybridized carbons (Fsp3) is 0.154. The summed E-state index contributed by atoms with van der Waals surface area (Å²) in [6.07, 6.45) is -2.05. The molecule has 1 N–H and O–H groups in total. The van der Waals surface area contributed by atoms with Gasteiger partial charge in [0.05, 0.1) is 0 Å². The quantitative estimate of drug-likeness (QED) is 0.925. The maximum absolute atomic E-state index is 12.8. The zero-order chi connectivity index (χ0) is 14.0. The Kier molecular flexibility index (Phi) is 3.50. The average molecular weight is 264 g/mol. The second-order valence-electron chi connectivity index (χ2n) is 3.91. The number of aryl methyl sites for hydroxylation is 1. The van der Waals surface area contributed by atoms with Gasteiger partial charge in [-0.1, -0.05) is 24.3 Å². The Morgan fingerprint density at radius 1 is 1.32 bits per heavy atom. The van der Waals surface area contributed by atoms with Crippen LogP contribution in [0.4, 0.5) is 8.78 Å². The van der Waals surface area contributed by atoms with Gasteiger partial charge in [-0.2, -0.15) is 0 Å². The summed E-state index contributed by atoms with van der Waals surface area (Å²) in [4.78, 5) is 18.4. The summed E-state index contributed by atoms with van der Waals surface area (Å²) in [5.41, 5.74) is 0.0835. The van der Waals surface area contributed by atoms with Gasteiger partial charge in [0.2, 0.25) is 0 Å². The maximum atomic E-state index is 12.8. The van der Waals surface area contributed by atoms with Crippen LogP contribution in [0.1, 0.15) is 28.0 Å². The third kappa shape index (κ3) is 2.57. The van der Waals surface area contributed by atoms with Crippen LogP contribution in [-0.4, -0.2) is 21.0 Å². The van der Waals surface area contributed by atoms with E-state index in [1.54, 1.807) is 31.2 Å². The molecule has 0 fully saturated rings. The number of carbonyl (C=O) groups is 1. The number of halogens is 2. The van der Waals surface area contributed by atoms with E-state index in [-0.39, 0.29) is 5.82 Å². The van der Waals surface area contributed by atoms with Crippen molar-refractivity contribution in [3.05, 3.63) is 47.3 Å². The SMILES string of the molecule is Cc1ccccc1-c1ncc(C(=O)O)c(C(F)F)n1. The first-order chi connectivity index (χ1) is 9.00. The lowest BCUT2D eigenvalue weighted by Gasteiger charge is -2.08. The lowest BCUT2D eigenvalue weighted by atomic mass is 10.1. The average Bonchev–Trinajstić information content (AvgIpc) is 2.38. The summed E-state index contributed by atoms with van der Waals surface area (Å²) in [6, 6.07) is 7.03. The van der Waals surface area contributed by atoms with Crippen LogP contribution >= 0.6 is 0 Å². The molecule has 0 radical (unpaired) electrons. The highest BCUT2D eigenvalue weighted by Crippen LogP contribution is 2.25. The Labute approximate surface area is 107 Å². The fourth-order valence-corrected chi connectivity index (χ4v) is 1.68. The van der Waals surface area contributed by atoms with Crippen molar-refractivity contribution < 1.29 is 18.7 Å². The van der Waals surface area contributed by atoms with Crippen molar-refractivity contribution in [2.75, 3.05) is 0 Å². The summed E-state index contributed by atoms with van der Waals surface area (Å²) < 4.78 is 25.7. The summed E-state index contributed by atoms with van der Waals surface area (Å²) in [5.74, 6) is -1.37. The molecule has 0 saturated carbocycles. The van der Waals surface area contributed by atoms with Crippen LogP contribution in [0.15, 0.2) is 30.5 Å². The second-order valence-corrected chi connectivity index (χ2v) is 3.91. The first-order valence-electron chi connectivity index (χ1n) is 5.45. The Balaban J connectivity index is 2.59. The molecule has 0 unspecified atom stereocenters. The van der Waals surface area contributed by atoms with Crippen molar-refractivity contribution in [3.63, 3.8) is 0 Å². The van der Waals surface area contributed by atoms with Gasteiger partial charge in [-0.15, -0.1) is 0 Å². The number of carboxylic acids is 1. The largest absolute Gasteiger partial charge is 0.478 e. The Hall–Kier alpha value is -2.37. The molecule has 0 aliphatic heterocycles. The molecular formula is C13H10F2N2O2. The van der Waals surface area contributed by atoms with Gasteiger partial charge < -0.3 is 5.11 Å². The molecule has 19 heavy (non-hydrogen) atoms. The van der Waals surface area contributed by atoms with Gasteiger partial charge in [-0.3, -0.25) is 0 Å². The molecule has 0 amide bonds. The Bertz CT molecular complexity index is 630. The predicted molar refractivity (Wildman–Crippen MR) is 64.1 cm³/mol. The minimum atomic E-state index is -2.96. The van der Waals surface area contributed by atoms with E-state index in [1.807, 2.05) is 0 Å². The summed E-state index contributed by atoms with van der Waals surface area (Å²) in [5, 5.41) is 8.82. The minimum Gasteiger partial charge on any atom is -0.478 e. The van der Waals surface area contributed by atoms with Crippen molar-refractivity contribution in [1.29, 1.82) is 0 Å². The van der Waals surface area contributed by atoms with Crippen LogP contribution in [0.5, 0.6) is 0 Å². The molecular weight excluding hydrogens is 254 g/mol. The highest BCUT2D eigenvalue weighted by molar-refractivity contribution is 5.88. The Morgan fingerprint density at radius 3 is 2.58 bits per heavy atom. The molecule has 2 rings (SSSR count). The van der Waals surface area contributed by atoms with Gasteiger partial charge in [-0.05, 0) is 12.5 Å². The fourth-order valence-electron chi connectivity index (χ4n) is 1.68. The zero-order valence-electron chi connectivity index (χ0n) is 9.97. The van der Waals surface area contributed by atoms with Crippen LogP contribution < -0.4 is 0 Å². The molecule has 0 saturated heterocycles. The number of hydrogen-bond donors (Lipinski definition) is 1. The highest BCUT2D eigenvalue weighted by atomic mass is 19.3. The third-order valence-corrected chi connectivity index (χ3v) is 2.64. The maximum Gasteiger partial charge on any atom is 0.339 e. The van der Waals surface area contributed by atoms with Crippen LogP contribution in [0, 0.1) is 6.92 Å². The number of hydrogen-bond acceptors (Lipinski definition) is 3. The molecule has 4 nitrogen and oxygen atoms in total. The normalized spacial score (nSPS) is 10.7. The zero-order valence-corrected chi connectivity index (χ0v) is 9.97. The van der Waals surface area contributed by atoms with Gasteiger partial charge in [0.15, 0.2) is 5.82 Å². The molecule has 0 aliphatic rings. The molecule has 1 aromatic heterocycles. The van der Waals surface area contributed by atoms with Crippen molar-refractivity contribution in [2.45, 2.75) is 13.3 Å². The van der Waals surface area contributed by atoms with Crippen molar-refractivity contribution in [2.24, 2.45) is 0 Å². The van der Waals surface area contributed by atoms with E-state index in [0.717, 1.165) is 11.8 Å². The monoisotopic (exact) mass is 264 g/mol. The van der Waals surface area contributed by atoms with Gasteiger partial charge in [0.25, 0.3) is 6.43 Å². The molecule has 98 valence electrons. The van der Waals surface area contributed by atoms with E-state index in [9.17, 15) is 13.6 Å². The Morgan fingerprint density at radius 2 is 2.00 bits per heavy atom. The summed E-state index contributed by atoms with van der Waals surface area (Å²) >= 11 is 0. The molecule has 2 aromatic rings. The molecule has 0 atom stereocenters. The van der Waals surface area contributed by atoms with Gasteiger partial charge in [0.1, 0.15) is 11.3 Å². The van der Waals surface area contributed by atoms with Crippen molar-refractivity contribution in [1.82, 2.24) is 9.97 Å². The minimum absolute atomic E-state index is 0.0957. The smallest absolute Gasteiger partial charge is 0.339 e. The van der Waals surface area contributed by atoms with E-state index >= 15 is 0 Å². The molecule has 1 heterocycles. The van der Waals surface area contributed by atoms with E-state index in [0.29, 0.717) is 5.56 Å². The van der Waals surface area contributed by atoms with Crippen LogP contribution in [0.3, 0.4) is 0 Å². The number of rotatable bonds is 3. The van der Waals surface area contributed by atoms with E-state index in [2.05, 4.69) is 9.97 Å². The lowest BCUT2D eigenvalue weighted by molar-refractivity contribution is 0.0681. The van der Waals surface area contributed by atoms with Crippen LogP contribution in [0.25, 0.3) is 11.4 Å². The van der Waals surface area contributed by atoms with Gasteiger partial charge in [-0.25, -0.2) is 23.5 Å². The number of nitrogens with zero attached hydrogens (tertiary/aromatic N) is 2. The molecule has 0 spiro atoms. The number of benzene rings is 1. The standard InChI is InChI=1S/C13H10F2N2O2/c1-7-4-2-3-5-8(7)12-16-6-9(13(18)19)10(17-12)11(14)15/h2-6,11H,1H3,(H,18,19). The first kappa shape index (κ1) is 13.1. The molecule has 0 bridgehead atoms. The van der Waals surface area contributed by atoms with Gasteiger partial charge in [0, 0.05) is 11.8 Å². The molecule has 1 aromatic carbocycles. The molecule has 0 aliphatic carbocycles. The highest BCUT2D eigenvalue weighted by Gasteiger charge is 2.21. The summed E-state index contributed by atoms with van der Waals surface area (Å²) in [7, 11) is 0. The first-order valence-corrected chi connectivity index (χ1v) is 5.45. The number of aromatic nitrogens is 2. The van der Waals surface area contributed by atoms with Crippen LogP contribution in [-0.2, 0) is 0 Å². The topological polar surface area (TPSA) is 63.1 Å². The molecule has 6 heteroatoms.